The molecule has 1 fully saturated rings. The van der Waals surface area contributed by atoms with E-state index in [9.17, 15) is 0 Å². The van der Waals surface area contributed by atoms with E-state index in [1.807, 2.05) is 12.1 Å². The summed E-state index contributed by atoms with van der Waals surface area (Å²) in [5.74, 6) is 0. The zero-order valence-corrected chi connectivity index (χ0v) is 16.9. The van der Waals surface area contributed by atoms with Crippen LogP contribution in [-0.2, 0) is 12.1 Å². The van der Waals surface area contributed by atoms with Gasteiger partial charge in [-0.05, 0) is 37.1 Å². The lowest BCUT2D eigenvalue weighted by molar-refractivity contribution is 0.177. The smallest absolute Gasteiger partial charge is 0.0602 e. The first-order valence-electron chi connectivity index (χ1n) is 8.47. The summed E-state index contributed by atoms with van der Waals surface area (Å²) in [5, 5.41) is 8.25. The van der Waals surface area contributed by atoms with Gasteiger partial charge in [0.05, 0.1) is 5.54 Å². The Morgan fingerprint density at radius 1 is 1.00 bits per heavy atom. The van der Waals surface area contributed by atoms with Crippen molar-refractivity contribution in [1.82, 2.24) is 10.6 Å². The predicted octanol–water partition coefficient (Wildman–Crippen LogP) is 5.33. The van der Waals surface area contributed by atoms with Gasteiger partial charge in [0.15, 0.2) is 0 Å². The zero-order chi connectivity index (χ0) is 16.1. The van der Waals surface area contributed by atoms with Crippen LogP contribution in [0.25, 0.3) is 0 Å². The molecule has 2 aromatic carbocycles. The van der Waals surface area contributed by atoms with Crippen LogP contribution in [-0.4, -0.2) is 13.1 Å². The maximum atomic E-state index is 6.54. The molecule has 0 aromatic heterocycles. The van der Waals surface area contributed by atoms with Crippen molar-refractivity contribution in [3.05, 3.63) is 70.7 Å². The van der Waals surface area contributed by atoms with Crippen LogP contribution in [0.3, 0.4) is 0 Å². The van der Waals surface area contributed by atoms with Crippen LogP contribution < -0.4 is 10.6 Å². The Hall–Kier alpha value is -0.770. The maximum Gasteiger partial charge on any atom is 0.0602 e. The molecule has 0 saturated heterocycles. The monoisotopic (exact) mass is 400 g/mol. The Morgan fingerprint density at radius 2 is 1.68 bits per heavy atom. The van der Waals surface area contributed by atoms with E-state index in [2.05, 4.69) is 60.1 Å². The SMILES string of the molecule is CN[C@]1(c2ccccc2Cl)CCCC[C@H]1NCc1ccccc1.Cl.Cl. The fourth-order valence-corrected chi connectivity index (χ4v) is 4.17. The Kier molecular flexibility index (Phi) is 9.26. The lowest BCUT2D eigenvalue weighted by atomic mass is 9.72. The second-order valence-corrected chi connectivity index (χ2v) is 6.77. The summed E-state index contributed by atoms with van der Waals surface area (Å²) < 4.78 is 0. The van der Waals surface area contributed by atoms with Crippen LogP contribution in [0.1, 0.15) is 36.8 Å². The minimum Gasteiger partial charge on any atom is -0.309 e. The first kappa shape index (κ1) is 22.3. The van der Waals surface area contributed by atoms with Crippen molar-refractivity contribution in [3.8, 4) is 0 Å². The highest BCUT2D eigenvalue weighted by atomic mass is 35.5. The molecular weight excluding hydrogens is 375 g/mol. The van der Waals surface area contributed by atoms with Crippen molar-refractivity contribution in [1.29, 1.82) is 0 Å². The van der Waals surface area contributed by atoms with Gasteiger partial charge in [-0.1, -0.05) is 73.0 Å². The van der Waals surface area contributed by atoms with Crippen molar-refractivity contribution in [2.45, 2.75) is 43.8 Å². The molecule has 2 aromatic rings. The summed E-state index contributed by atoms with van der Waals surface area (Å²) in [6, 6.07) is 19.2. The summed E-state index contributed by atoms with van der Waals surface area (Å²) in [5.41, 5.74) is 2.45. The highest BCUT2D eigenvalue weighted by Gasteiger charge is 2.41. The van der Waals surface area contributed by atoms with E-state index in [-0.39, 0.29) is 30.4 Å². The number of benzene rings is 2. The highest BCUT2D eigenvalue weighted by molar-refractivity contribution is 6.31. The third kappa shape index (κ3) is 4.90. The van der Waals surface area contributed by atoms with E-state index in [1.54, 1.807) is 0 Å². The van der Waals surface area contributed by atoms with E-state index >= 15 is 0 Å². The van der Waals surface area contributed by atoms with Crippen molar-refractivity contribution in [2.24, 2.45) is 0 Å². The highest BCUT2D eigenvalue weighted by Crippen LogP contribution is 2.40. The van der Waals surface area contributed by atoms with Crippen molar-refractivity contribution < 1.29 is 0 Å². The molecule has 2 nitrogen and oxygen atoms in total. The average Bonchev–Trinajstić information content (AvgIpc) is 2.61. The standard InChI is InChI=1S/C20H25ClN2.2ClH/c1-22-20(17-11-5-6-12-18(17)21)14-8-7-13-19(20)23-15-16-9-3-2-4-10-16;;/h2-6,9-12,19,22-23H,7-8,13-15H2,1H3;2*1H/t19-,20+;;/m1../s1. The summed E-state index contributed by atoms with van der Waals surface area (Å²) in [6.45, 7) is 0.888. The van der Waals surface area contributed by atoms with Gasteiger partial charge in [-0.15, -0.1) is 24.8 Å². The normalized spacial score (nSPS) is 22.6. The first-order valence-corrected chi connectivity index (χ1v) is 8.85. The molecule has 1 aliphatic rings. The molecule has 3 rings (SSSR count). The van der Waals surface area contributed by atoms with Gasteiger partial charge in [-0.25, -0.2) is 0 Å². The third-order valence-corrected chi connectivity index (χ3v) is 5.43. The first-order chi connectivity index (χ1) is 11.3. The predicted molar refractivity (Wildman–Crippen MR) is 112 cm³/mol. The van der Waals surface area contributed by atoms with Gasteiger partial charge in [0, 0.05) is 17.6 Å². The minimum absolute atomic E-state index is 0. The Labute approximate surface area is 168 Å². The van der Waals surface area contributed by atoms with Crippen LogP contribution in [0.4, 0.5) is 0 Å². The molecule has 25 heavy (non-hydrogen) atoms. The summed E-state index contributed by atoms with van der Waals surface area (Å²) in [7, 11) is 2.06. The molecule has 1 aliphatic carbocycles. The van der Waals surface area contributed by atoms with Gasteiger partial charge in [0.25, 0.3) is 0 Å². The number of halogens is 3. The van der Waals surface area contributed by atoms with Crippen LogP contribution in [0.2, 0.25) is 5.02 Å². The third-order valence-electron chi connectivity index (χ3n) is 5.10. The number of hydrogen-bond donors (Lipinski definition) is 2. The van der Waals surface area contributed by atoms with E-state index in [0.29, 0.717) is 6.04 Å². The van der Waals surface area contributed by atoms with Crippen LogP contribution >= 0.6 is 36.4 Å². The minimum atomic E-state index is -0.0919. The molecular formula is C20H27Cl3N2. The van der Waals surface area contributed by atoms with E-state index in [0.717, 1.165) is 18.0 Å². The van der Waals surface area contributed by atoms with Crippen LogP contribution in [0, 0.1) is 0 Å². The molecule has 2 atom stereocenters. The number of nitrogens with one attached hydrogen (secondary N) is 2. The Bertz CT molecular complexity index is 636. The van der Waals surface area contributed by atoms with E-state index in [4.69, 9.17) is 11.6 Å². The van der Waals surface area contributed by atoms with Gasteiger partial charge < -0.3 is 10.6 Å². The lowest BCUT2D eigenvalue weighted by Gasteiger charge is -2.45. The quantitative estimate of drug-likeness (QED) is 0.707. The Morgan fingerprint density at radius 3 is 2.36 bits per heavy atom. The number of rotatable bonds is 5. The molecule has 2 N–H and O–H groups in total. The van der Waals surface area contributed by atoms with E-state index in [1.165, 1.54) is 30.4 Å². The van der Waals surface area contributed by atoms with Crippen molar-refractivity contribution in [2.75, 3.05) is 7.05 Å². The fraction of sp³-hybridized carbons (Fsp3) is 0.400. The van der Waals surface area contributed by atoms with Crippen molar-refractivity contribution >= 4 is 36.4 Å². The molecule has 0 aliphatic heterocycles. The molecule has 138 valence electrons. The van der Waals surface area contributed by atoms with Crippen molar-refractivity contribution in [3.63, 3.8) is 0 Å². The summed E-state index contributed by atoms with van der Waals surface area (Å²) in [6.07, 6.45) is 4.77. The molecule has 0 heterocycles. The van der Waals surface area contributed by atoms with Gasteiger partial charge in [0.2, 0.25) is 0 Å². The summed E-state index contributed by atoms with van der Waals surface area (Å²) in [4.78, 5) is 0. The molecule has 0 unspecified atom stereocenters. The van der Waals surface area contributed by atoms with E-state index < -0.39 is 0 Å². The number of hydrogen-bond acceptors (Lipinski definition) is 2. The zero-order valence-electron chi connectivity index (χ0n) is 14.5. The number of likely N-dealkylation sites (N-methyl/N-ethyl adjacent to an activating group) is 1. The van der Waals surface area contributed by atoms with Gasteiger partial charge >= 0.3 is 0 Å². The fourth-order valence-electron chi connectivity index (χ4n) is 3.87. The van der Waals surface area contributed by atoms with Gasteiger partial charge in [-0.3, -0.25) is 0 Å². The molecule has 0 radical (unpaired) electrons. The maximum absolute atomic E-state index is 6.54. The second-order valence-electron chi connectivity index (χ2n) is 6.37. The van der Waals surface area contributed by atoms with Crippen LogP contribution in [0.15, 0.2) is 54.6 Å². The summed E-state index contributed by atoms with van der Waals surface area (Å²) >= 11 is 6.54. The largest absolute Gasteiger partial charge is 0.309 e. The van der Waals surface area contributed by atoms with Crippen LogP contribution in [0.5, 0.6) is 0 Å². The van der Waals surface area contributed by atoms with Gasteiger partial charge in [0.1, 0.15) is 0 Å². The average molecular weight is 402 g/mol. The molecule has 0 amide bonds. The topological polar surface area (TPSA) is 24.1 Å². The Balaban J connectivity index is 0.00000156. The molecule has 1 saturated carbocycles. The molecule has 5 heteroatoms. The molecule has 0 bridgehead atoms. The lowest BCUT2D eigenvalue weighted by Crippen LogP contribution is -2.57. The molecule has 0 spiro atoms. The van der Waals surface area contributed by atoms with Gasteiger partial charge in [-0.2, -0.15) is 0 Å². The second kappa shape index (κ2) is 10.4.